The molecule has 4 heteroatoms. The molecular weight excluding hydrogens is 258 g/mol. The van der Waals surface area contributed by atoms with Crippen molar-refractivity contribution < 1.29 is 0 Å². The molecule has 0 saturated carbocycles. The van der Waals surface area contributed by atoms with Crippen LogP contribution in [0.3, 0.4) is 0 Å². The van der Waals surface area contributed by atoms with Gasteiger partial charge in [-0.1, -0.05) is 39.0 Å². The molecule has 19 heavy (non-hydrogen) atoms. The highest BCUT2D eigenvalue weighted by Crippen LogP contribution is 2.31. The maximum atomic E-state index is 6.10. The minimum absolute atomic E-state index is 0.157. The van der Waals surface area contributed by atoms with Gasteiger partial charge in [0.1, 0.15) is 6.17 Å². The van der Waals surface area contributed by atoms with Crippen molar-refractivity contribution in [3.63, 3.8) is 0 Å². The molecule has 0 fully saturated rings. The zero-order chi connectivity index (χ0) is 14.0. The summed E-state index contributed by atoms with van der Waals surface area (Å²) in [7, 11) is 0. The molecule has 1 unspecified atom stereocenters. The van der Waals surface area contributed by atoms with Crippen molar-refractivity contribution in [3.05, 3.63) is 47.1 Å². The van der Waals surface area contributed by atoms with Crippen LogP contribution in [0.5, 0.6) is 0 Å². The summed E-state index contributed by atoms with van der Waals surface area (Å²) in [5.74, 6) is 0.591. The molecule has 0 spiro atoms. The molecule has 0 aliphatic carbocycles. The number of nitrogens with zero attached hydrogens (tertiary/aromatic N) is 1. The highest BCUT2D eigenvalue weighted by Gasteiger charge is 2.30. The second kappa shape index (κ2) is 5.74. The molecule has 1 atom stereocenters. The van der Waals surface area contributed by atoms with Gasteiger partial charge in [0.25, 0.3) is 0 Å². The van der Waals surface area contributed by atoms with Crippen molar-refractivity contribution in [1.29, 1.82) is 0 Å². The van der Waals surface area contributed by atoms with Crippen molar-refractivity contribution in [3.8, 4) is 0 Å². The first-order valence-electron chi connectivity index (χ1n) is 6.79. The van der Waals surface area contributed by atoms with E-state index in [9.17, 15) is 0 Å². The van der Waals surface area contributed by atoms with Gasteiger partial charge in [0.05, 0.1) is 16.4 Å². The molecule has 0 radical (unpaired) electrons. The van der Waals surface area contributed by atoms with E-state index in [4.69, 9.17) is 11.6 Å². The van der Waals surface area contributed by atoms with Crippen molar-refractivity contribution in [1.82, 2.24) is 15.5 Å². The zero-order valence-corrected chi connectivity index (χ0v) is 12.6. The van der Waals surface area contributed by atoms with E-state index in [1.165, 1.54) is 5.70 Å². The maximum absolute atomic E-state index is 6.10. The number of rotatable bonds is 5. The number of nitrogens with one attached hydrogen (secondary N) is 2. The Bertz CT molecular complexity index is 460. The highest BCUT2D eigenvalue weighted by atomic mass is 35.5. The summed E-state index contributed by atoms with van der Waals surface area (Å²) >= 11 is 6.10. The van der Waals surface area contributed by atoms with Crippen molar-refractivity contribution in [2.75, 3.05) is 6.54 Å². The lowest BCUT2D eigenvalue weighted by atomic mass is 10.2. The third-order valence-electron chi connectivity index (χ3n) is 3.23. The smallest absolute Gasteiger partial charge is 0.123 e. The Morgan fingerprint density at radius 3 is 2.95 bits per heavy atom. The standard InChI is InChI=1S/C15H22ClN3/c1-5-13-15(11(4)17-8-10(2)3)19-9-12(16)6-7-14(19)18-13/h6-7,9-10,14,17-18H,4-5,8H2,1-3H3. The molecule has 2 heterocycles. The summed E-state index contributed by atoms with van der Waals surface area (Å²) in [6, 6.07) is 0. The summed E-state index contributed by atoms with van der Waals surface area (Å²) in [4.78, 5) is 2.15. The third kappa shape index (κ3) is 2.98. The minimum Gasteiger partial charge on any atom is -0.384 e. The van der Waals surface area contributed by atoms with Crippen LogP contribution in [0.4, 0.5) is 0 Å². The summed E-state index contributed by atoms with van der Waals surface area (Å²) < 4.78 is 0. The fourth-order valence-corrected chi connectivity index (χ4v) is 2.45. The molecule has 2 aliphatic rings. The van der Waals surface area contributed by atoms with E-state index in [1.807, 2.05) is 12.3 Å². The van der Waals surface area contributed by atoms with Gasteiger partial charge in [-0.05, 0) is 24.5 Å². The van der Waals surface area contributed by atoms with Crippen LogP contribution < -0.4 is 10.6 Å². The number of hydrogen-bond donors (Lipinski definition) is 2. The molecule has 0 amide bonds. The summed E-state index contributed by atoms with van der Waals surface area (Å²) in [5, 5.41) is 7.64. The summed E-state index contributed by atoms with van der Waals surface area (Å²) in [5.41, 5.74) is 3.28. The molecule has 0 aromatic heterocycles. The molecule has 2 rings (SSSR count). The molecule has 0 saturated heterocycles. The predicted molar refractivity (Wildman–Crippen MR) is 81.1 cm³/mol. The minimum atomic E-state index is 0.157. The number of allylic oxidation sites excluding steroid dienone is 3. The first-order valence-corrected chi connectivity index (χ1v) is 7.17. The third-order valence-corrected chi connectivity index (χ3v) is 3.45. The van der Waals surface area contributed by atoms with Crippen molar-refractivity contribution in [2.45, 2.75) is 33.4 Å². The second-order valence-electron chi connectivity index (χ2n) is 5.30. The van der Waals surface area contributed by atoms with E-state index in [0.29, 0.717) is 5.92 Å². The molecule has 0 aromatic rings. The van der Waals surface area contributed by atoms with Gasteiger partial charge in [-0.3, -0.25) is 0 Å². The number of halogens is 1. The van der Waals surface area contributed by atoms with Gasteiger partial charge in [0.15, 0.2) is 0 Å². The van der Waals surface area contributed by atoms with Crippen LogP contribution in [0.1, 0.15) is 27.2 Å². The number of fused-ring (bicyclic) bond motifs is 1. The van der Waals surface area contributed by atoms with E-state index in [1.54, 1.807) is 0 Å². The monoisotopic (exact) mass is 279 g/mol. The molecule has 104 valence electrons. The van der Waals surface area contributed by atoms with Crippen molar-refractivity contribution >= 4 is 11.6 Å². The summed E-state index contributed by atoms with van der Waals surface area (Å²) in [6.07, 6.45) is 7.06. The Morgan fingerprint density at radius 1 is 1.58 bits per heavy atom. The molecular formula is C15H22ClN3. The van der Waals surface area contributed by atoms with Crippen LogP contribution in [0.2, 0.25) is 0 Å². The molecule has 2 N–H and O–H groups in total. The molecule has 0 bridgehead atoms. The largest absolute Gasteiger partial charge is 0.384 e. The molecule has 2 aliphatic heterocycles. The number of hydrogen-bond acceptors (Lipinski definition) is 3. The van der Waals surface area contributed by atoms with E-state index in [-0.39, 0.29) is 6.17 Å². The van der Waals surface area contributed by atoms with Crippen LogP contribution in [-0.4, -0.2) is 17.6 Å². The molecule has 3 nitrogen and oxygen atoms in total. The topological polar surface area (TPSA) is 27.3 Å². The second-order valence-corrected chi connectivity index (χ2v) is 5.74. The van der Waals surface area contributed by atoms with Crippen LogP contribution in [-0.2, 0) is 0 Å². The van der Waals surface area contributed by atoms with Gasteiger partial charge >= 0.3 is 0 Å². The van der Waals surface area contributed by atoms with E-state index < -0.39 is 0 Å². The quantitative estimate of drug-likeness (QED) is 0.809. The average Bonchev–Trinajstić information content (AvgIpc) is 2.73. The van der Waals surface area contributed by atoms with Gasteiger partial charge in [-0.2, -0.15) is 0 Å². The van der Waals surface area contributed by atoms with Crippen molar-refractivity contribution in [2.24, 2.45) is 5.92 Å². The summed E-state index contributed by atoms with van der Waals surface area (Å²) in [6.45, 7) is 11.6. The van der Waals surface area contributed by atoms with Gasteiger partial charge < -0.3 is 15.5 Å². The van der Waals surface area contributed by atoms with Gasteiger partial charge in [-0.15, -0.1) is 0 Å². The SMILES string of the molecule is C=C(NCC(C)C)C1=C(CC)NC2C=CC(Cl)=CN12. The fraction of sp³-hybridized carbons (Fsp3) is 0.467. The predicted octanol–water partition coefficient (Wildman–Crippen LogP) is 3.25. The Balaban J connectivity index is 2.20. The Kier molecular flexibility index (Phi) is 4.25. The van der Waals surface area contributed by atoms with Crippen LogP contribution in [0.15, 0.2) is 47.1 Å². The first kappa shape index (κ1) is 14.1. The highest BCUT2D eigenvalue weighted by molar-refractivity contribution is 6.31. The lowest BCUT2D eigenvalue weighted by Crippen LogP contribution is -2.35. The fourth-order valence-electron chi connectivity index (χ4n) is 2.27. The lowest BCUT2D eigenvalue weighted by Gasteiger charge is -2.27. The van der Waals surface area contributed by atoms with E-state index in [2.05, 4.69) is 49.0 Å². The van der Waals surface area contributed by atoms with Crippen LogP contribution in [0, 0.1) is 5.92 Å². The van der Waals surface area contributed by atoms with Crippen LogP contribution in [0.25, 0.3) is 0 Å². The van der Waals surface area contributed by atoms with E-state index >= 15 is 0 Å². The zero-order valence-electron chi connectivity index (χ0n) is 11.8. The lowest BCUT2D eigenvalue weighted by molar-refractivity contribution is 0.398. The van der Waals surface area contributed by atoms with Gasteiger partial charge in [0, 0.05) is 18.4 Å². The normalized spacial score (nSPS) is 21.4. The Hall–Kier alpha value is -1.35. The average molecular weight is 280 g/mol. The Morgan fingerprint density at radius 2 is 2.32 bits per heavy atom. The molecule has 0 aromatic carbocycles. The van der Waals surface area contributed by atoms with E-state index in [0.717, 1.165) is 29.4 Å². The van der Waals surface area contributed by atoms with Gasteiger partial charge in [0.2, 0.25) is 0 Å². The first-order chi connectivity index (χ1) is 9.02. The van der Waals surface area contributed by atoms with Gasteiger partial charge in [-0.25, -0.2) is 0 Å². The Labute approximate surface area is 120 Å². The maximum Gasteiger partial charge on any atom is 0.123 e. The van der Waals surface area contributed by atoms with Crippen LogP contribution >= 0.6 is 11.6 Å².